The van der Waals surface area contributed by atoms with Gasteiger partial charge in [0, 0.05) is 7.11 Å². The van der Waals surface area contributed by atoms with E-state index in [9.17, 15) is 9.59 Å². The van der Waals surface area contributed by atoms with Crippen molar-refractivity contribution in [2.75, 3.05) is 24.4 Å². The van der Waals surface area contributed by atoms with E-state index in [2.05, 4.69) is 5.32 Å². The van der Waals surface area contributed by atoms with Crippen molar-refractivity contribution in [1.29, 1.82) is 0 Å². The summed E-state index contributed by atoms with van der Waals surface area (Å²) in [5.74, 6) is 0.0755. The minimum Gasteiger partial charge on any atom is -0.497 e. The average molecular weight is 354 g/mol. The Morgan fingerprint density at radius 2 is 1.85 bits per heavy atom. The normalized spacial score (nSPS) is 16.5. The zero-order chi connectivity index (χ0) is 18.9. The molecule has 0 saturated carbocycles. The summed E-state index contributed by atoms with van der Waals surface area (Å²) in [6.07, 6.45) is -0.858. The highest BCUT2D eigenvalue weighted by atomic mass is 16.5. The van der Waals surface area contributed by atoms with Crippen LogP contribution < -0.4 is 15.0 Å². The molecule has 0 aliphatic carbocycles. The highest BCUT2D eigenvalue weighted by Gasteiger charge is 2.45. The van der Waals surface area contributed by atoms with E-state index in [4.69, 9.17) is 9.47 Å². The lowest BCUT2D eigenvalue weighted by Crippen LogP contribution is -2.59. The molecule has 3 rings (SSSR count). The quantitative estimate of drug-likeness (QED) is 0.916. The maximum Gasteiger partial charge on any atom is 0.261 e. The minimum atomic E-state index is -1.05. The molecule has 0 bridgehead atoms. The van der Waals surface area contributed by atoms with Crippen molar-refractivity contribution >= 4 is 23.2 Å². The molecule has 0 aromatic heterocycles. The number of nitrogens with zero attached hydrogens (tertiary/aromatic N) is 1. The van der Waals surface area contributed by atoms with Crippen molar-refractivity contribution < 1.29 is 19.1 Å². The second-order valence-corrected chi connectivity index (χ2v) is 6.60. The van der Waals surface area contributed by atoms with Gasteiger partial charge >= 0.3 is 0 Å². The first-order valence-electron chi connectivity index (χ1n) is 8.31. The van der Waals surface area contributed by atoms with E-state index in [1.54, 1.807) is 51.3 Å². The Morgan fingerprint density at radius 3 is 2.54 bits per heavy atom. The molecule has 1 atom stereocenters. The van der Waals surface area contributed by atoms with E-state index in [-0.39, 0.29) is 11.8 Å². The topological polar surface area (TPSA) is 67.9 Å². The highest BCUT2D eigenvalue weighted by molar-refractivity contribution is 6.15. The molecule has 2 amide bonds. The molecule has 0 spiro atoms. The summed E-state index contributed by atoms with van der Waals surface area (Å²) in [6.45, 7) is 3.43. The molecule has 26 heavy (non-hydrogen) atoms. The SMILES string of the molecule is COc1cccc(C(OC)C(=O)N2c3ccccc3NC(=O)C2(C)C)c1. The smallest absolute Gasteiger partial charge is 0.261 e. The van der Waals surface area contributed by atoms with Gasteiger partial charge in [0.1, 0.15) is 11.3 Å². The summed E-state index contributed by atoms with van der Waals surface area (Å²) < 4.78 is 10.8. The van der Waals surface area contributed by atoms with Crippen molar-refractivity contribution in [3.8, 4) is 5.75 Å². The van der Waals surface area contributed by atoms with E-state index in [1.807, 2.05) is 18.2 Å². The maximum atomic E-state index is 13.4. The fraction of sp³-hybridized carbons (Fsp3) is 0.300. The molecule has 6 nitrogen and oxygen atoms in total. The lowest BCUT2D eigenvalue weighted by molar-refractivity contribution is -0.133. The molecular formula is C20H22N2O4. The van der Waals surface area contributed by atoms with Gasteiger partial charge in [0.05, 0.1) is 18.5 Å². The molecule has 1 N–H and O–H groups in total. The van der Waals surface area contributed by atoms with Crippen LogP contribution in [0.25, 0.3) is 0 Å². The van der Waals surface area contributed by atoms with Crippen LogP contribution in [0.4, 0.5) is 11.4 Å². The van der Waals surface area contributed by atoms with Crippen LogP contribution in [0.2, 0.25) is 0 Å². The van der Waals surface area contributed by atoms with Gasteiger partial charge < -0.3 is 14.8 Å². The standard InChI is InChI=1S/C20H22N2O4/c1-20(2)19(24)21-15-10-5-6-11-16(15)22(20)18(23)17(26-4)13-8-7-9-14(12-13)25-3/h5-12,17H,1-4H3,(H,21,24). The van der Waals surface area contributed by atoms with Crippen LogP contribution in [0, 0.1) is 0 Å². The van der Waals surface area contributed by atoms with Crippen molar-refractivity contribution in [1.82, 2.24) is 0 Å². The Balaban J connectivity index is 2.07. The highest BCUT2D eigenvalue weighted by Crippen LogP contribution is 2.39. The Labute approximate surface area is 152 Å². The van der Waals surface area contributed by atoms with Gasteiger partial charge in [-0.1, -0.05) is 24.3 Å². The first-order chi connectivity index (χ1) is 12.4. The van der Waals surface area contributed by atoms with Crippen LogP contribution in [-0.4, -0.2) is 31.6 Å². The maximum absolute atomic E-state index is 13.4. The summed E-state index contributed by atoms with van der Waals surface area (Å²) >= 11 is 0. The molecule has 1 aliphatic rings. The van der Waals surface area contributed by atoms with Crippen molar-refractivity contribution in [2.45, 2.75) is 25.5 Å². The molecule has 1 heterocycles. The summed E-state index contributed by atoms with van der Waals surface area (Å²) in [5.41, 5.74) is 0.856. The molecule has 1 aliphatic heterocycles. The number of rotatable bonds is 4. The number of hydrogen-bond acceptors (Lipinski definition) is 4. The number of nitrogens with one attached hydrogen (secondary N) is 1. The number of anilines is 2. The number of benzene rings is 2. The lowest BCUT2D eigenvalue weighted by Gasteiger charge is -2.43. The minimum absolute atomic E-state index is 0.245. The summed E-state index contributed by atoms with van der Waals surface area (Å²) in [6, 6.07) is 14.4. The van der Waals surface area contributed by atoms with Gasteiger partial charge in [-0.05, 0) is 43.7 Å². The molecule has 6 heteroatoms. The zero-order valence-electron chi connectivity index (χ0n) is 15.3. The van der Waals surface area contributed by atoms with Crippen LogP contribution in [0.3, 0.4) is 0 Å². The van der Waals surface area contributed by atoms with Crippen molar-refractivity contribution in [3.05, 3.63) is 54.1 Å². The van der Waals surface area contributed by atoms with Gasteiger partial charge in [-0.15, -0.1) is 0 Å². The number of carbonyl (C=O) groups excluding carboxylic acids is 2. The largest absolute Gasteiger partial charge is 0.497 e. The number of amides is 2. The van der Waals surface area contributed by atoms with Crippen LogP contribution in [0.1, 0.15) is 25.5 Å². The van der Waals surface area contributed by atoms with Gasteiger partial charge in [0.2, 0.25) is 5.91 Å². The Kier molecular flexibility index (Phi) is 4.70. The molecule has 136 valence electrons. The fourth-order valence-electron chi connectivity index (χ4n) is 3.15. The Morgan fingerprint density at radius 1 is 1.12 bits per heavy atom. The van der Waals surface area contributed by atoms with E-state index >= 15 is 0 Å². The first kappa shape index (κ1) is 17.9. The van der Waals surface area contributed by atoms with Gasteiger partial charge in [0.25, 0.3) is 5.91 Å². The van der Waals surface area contributed by atoms with Crippen LogP contribution >= 0.6 is 0 Å². The van der Waals surface area contributed by atoms with Gasteiger partial charge in [-0.25, -0.2) is 0 Å². The molecule has 0 radical (unpaired) electrons. The van der Waals surface area contributed by atoms with E-state index in [1.165, 1.54) is 12.0 Å². The molecule has 2 aromatic carbocycles. The molecule has 2 aromatic rings. The van der Waals surface area contributed by atoms with Crippen molar-refractivity contribution in [2.24, 2.45) is 0 Å². The molecule has 1 unspecified atom stereocenters. The second-order valence-electron chi connectivity index (χ2n) is 6.60. The van der Waals surface area contributed by atoms with Crippen LogP contribution in [0.5, 0.6) is 5.75 Å². The third kappa shape index (κ3) is 2.93. The number of hydrogen-bond donors (Lipinski definition) is 1. The number of ether oxygens (including phenoxy) is 2. The molecule has 0 saturated heterocycles. The van der Waals surface area contributed by atoms with Gasteiger partial charge in [-0.3, -0.25) is 14.5 Å². The van der Waals surface area contributed by atoms with Gasteiger partial charge in [-0.2, -0.15) is 0 Å². The third-order valence-corrected chi connectivity index (χ3v) is 4.58. The van der Waals surface area contributed by atoms with E-state index in [0.717, 1.165) is 0 Å². The van der Waals surface area contributed by atoms with E-state index in [0.29, 0.717) is 22.7 Å². The third-order valence-electron chi connectivity index (χ3n) is 4.58. The number of fused-ring (bicyclic) bond motifs is 1. The number of para-hydroxylation sites is 2. The zero-order valence-corrected chi connectivity index (χ0v) is 15.3. The fourth-order valence-corrected chi connectivity index (χ4v) is 3.15. The van der Waals surface area contributed by atoms with Crippen LogP contribution in [-0.2, 0) is 14.3 Å². The van der Waals surface area contributed by atoms with Crippen molar-refractivity contribution in [3.63, 3.8) is 0 Å². The Hall–Kier alpha value is -2.86. The number of carbonyl (C=O) groups is 2. The summed E-state index contributed by atoms with van der Waals surface area (Å²) in [7, 11) is 3.04. The van der Waals surface area contributed by atoms with Gasteiger partial charge in [0.15, 0.2) is 6.10 Å². The first-order valence-corrected chi connectivity index (χ1v) is 8.31. The molecular weight excluding hydrogens is 332 g/mol. The predicted molar refractivity (Wildman–Crippen MR) is 99.4 cm³/mol. The van der Waals surface area contributed by atoms with E-state index < -0.39 is 11.6 Å². The lowest BCUT2D eigenvalue weighted by atomic mass is 9.94. The van der Waals surface area contributed by atoms with Crippen LogP contribution in [0.15, 0.2) is 48.5 Å². The summed E-state index contributed by atoms with van der Waals surface area (Å²) in [5, 5.41) is 2.86. The monoisotopic (exact) mass is 354 g/mol. The summed E-state index contributed by atoms with van der Waals surface area (Å²) in [4.78, 5) is 27.5. The predicted octanol–water partition coefficient (Wildman–Crippen LogP) is 3.15. The average Bonchev–Trinajstić information content (AvgIpc) is 2.63. The Bertz CT molecular complexity index is 847. The second kappa shape index (κ2) is 6.80. The molecule has 0 fully saturated rings. The number of methoxy groups -OCH3 is 2.